The Kier molecular flexibility index (Phi) is 13.3. The number of aromatic nitrogens is 6. The fourth-order valence-electron chi connectivity index (χ4n) is 11.3. The zero-order valence-corrected chi connectivity index (χ0v) is 40.8. The molecule has 0 bridgehead atoms. The minimum atomic E-state index is -2.67. The molecule has 17 heteroatoms. The monoisotopic (exact) mass is 957 g/mol. The Labute approximate surface area is 407 Å². The number of amides is 2. The minimum absolute atomic E-state index is 0.0108. The molecule has 5 aromatic rings. The number of rotatable bonds is 11. The van der Waals surface area contributed by atoms with Crippen LogP contribution in [0.3, 0.4) is 0 Å². The van der Waals surface area contributed by atoms with E-state index < -0.39 is 17.3 Å². The fraction of sp³-hybridized carbons (Fsp3) is 0.481. The van der Waals surface area contributed by atoms with E-state index in [0.29, 0.717) is 71.3 Å². The summed E-state index contributed by atoms with van der Waals surface area (Å²) in [5.41, 5.74) is 4.97. The van der Waals surface area contributed by atoms with Crippen LogP contribution in [-0.4, -0.2) is 96.0 Å². The van der Waals surface area contributed by atoms with E-state index in [1.54, 1.807) is 55.3 Å². The third kappa shape index (κ3) is 9.41. The molecular formula is C52H58ClF2N11O3. The zero-order chi connectivity index (χ0) is 48.8. The van der Waals surface area contributed by atoms with Gasteiger partial charge in [0.2, 0.25) is 11.7 Å². The van der Waals surface area contributed by atoms with Gasteiger partial charge in [0.25, 0.3) is 12.3 Å². The number of alkyl halides is 2. The number of halogens is 3. The van der Waals surface area contributed by atoms with Gasteiger partial charge in [-0.25, -0.2) is 18.7 Å². The van der Waals surface area contributed by atoms with Crippen molar-refractivity contribution in [3.05, 3.63) is 99.5 Å². The Morgan fingerprint density at radius 2 is 1.77 bits per heavy atom. The van der Waals surface area contributed by atoms with E-state index in [2.05, 4.69) is 80.5 Å². The van der Waals surface area contributed by atoms with Crippen LogP contribution < -0.4 is 15.0 Å². The number of carbonyl (C=O) groups is 2. The number of hydrogen-bond donors (Lipinski definition) is 1. The number of carbonyl (C=O) groups excluding carboxylic acids is 2. The van der Waals surface area contributed by atoms with Gasteiger partial charge < -0.3 is 24.8 Å². The molecule has 2 fully saturated rings. The quantitative estimate of drug-likeness (QED) is 0.101. The summed E-state index contributed by atoms with van der Waals surface area (Å²) in [4.78, 5) is 41.2. The van der Waals surface area contributed by atoms with Crippen LogP contribution >= 0.6 is 11.6 Å². The summed E-state index contributed by atoms with van der Waals surface area (Å²) in [6.45, 7) is 14.2. The summed E-state index contributed by atoms with van der Waals surface area (Å²) in [6, 6.07) is 10.6. The molecule has 1 aliphatic carbocycles. The summed E-state index contributed by atoms with van der Waals surface area (Å²) < 4.78 is 39.6. The second-order valence-corrected chi connectivity index (χ2v) is 20.4. The highest BCUT2D eigenvalue weighted by atomic mass is 35.5. The molecule has 2 aromatic carbocycles. The van der Waals surface area contributed by atoms with Crippen LogP contribution in [0.4, 0.5) is 20.3 Å². The Balaban J connectivity index is 0.793. The number of aryl methyl sites for hydroxylation is 2. The number of nitriles is 1. The lowest BCUT2D eigenvalue weighted by atomic mass is 9.49. The van der Waals surface area contributed by atoms with Gasteiger partial charge in [0.15, 0.2) is 5.82 Å². The smallest absolute Gasteiger partial charge is 0.264 e. The van der Waals surface area contributed by atoms with Crippen molar-refractivity contribution in [2.75, 3.05) is 37.6 Å². The summed E-state index contributed by atoms with van der Waals surface area (Å²) in [7, 11) is 1.78. The molecular weight excluding hydrogens is 900 g/mol. The molecule has 1 N–H and O–H groups in total. The highest BCUT2D eigenvalue weighted by molar-refractivity contribution is 6.31. The molecule has 0 atom stereocenters. The fourth-order valence-corrected chi connectivity index (χ4v) is 11.5. The van der Waals surface area contributed by atoms with E-state index in [1.165, 1.54) is 12.4 Å². The summed E-state index contributed by atoms with van der Waals surface area (Å²) in [5, 5.41) is 22.3. The van der Waals surface area contributed by atoms with Gasteiger partial charge in [-0.3, -0.25) is 19.0 Å². The summed E-state index contributed by atoms with van der Waals surface area (Å²) in [6.07, 6.45) is 9.24. The Morgan fingerprint density at radius 3 is 2.43 bits per heavy atom. The number of piperidine rings is 1. The van der Waals surface area contributed by atoms with Crippen molar-refractivity contribution in [3.8, 4) is 34.8 Å². The number of benzene rings is 2. The maximum Gasteiger partial charge on any atom is 0.264 e. The average molecular weight is 959 g/mol. The number of hydrogen-bond acceptors (Lipinski definition) is 10. The van der Waals surface area contributed by atoms with Gasteiger partial charge in [0.05, 0.1) is 34.9 Å². The van der Waals surface area contributed by atoms with Gasteiger partial charge in [0, 0.05) is 123 Å². The first-order valence-corrected chi connectivity index (χ1v) is 24.2. The van der Waals surface area contributed by atoms with Crippen molar-refractivity contribution < 1.29 is 23.1 Å². The standard InChI is InChI=1S/C52H58ClF2N11O3/c1-32(67)64-22-17-43-41(31-64)47(65-19-10-11-33-23-39(36-29-59-62(6)30-36)40(46(54)55)25-44(33)65)61-66(43)37-15-20-63(21-16-37)18-9-7-8-12-45-57-27-35(28-58-45)48(68)60-49-51(2,3)50(52(49,4)5)69-38-14-13-34(26-56)42(53)24-38/h13-14,23-25,27-30,37,46,49-50H,7,9-11,15-22,31H2,1-6H3,(H,60,68). The number of anilines is 2. The molecule has 9 rings (SSSR count). The van der Waals surface area contributed by atoms with E-state index in [9.17, 15) is 23.6 Å². The third-order valence-corrected chi connectivity index (χ3v) is 14.9. The second kappa shape index (κ2) is 19.2. The number of likely N-dealkylation sites (tertiary alicyclic amines) is 1. The molecule has 3 aliphatic heterocycles. The first kappa shape index (κ1) is 47.7. The Morgan fingerprint density at radius 1 is 1.01 bits per heavy atom. The van der Waals surface area contributed by atoms with Gasteiger partial charge >= 0.3 is 0 Å². The van der Waals surface area contributed by atoms with E-state index in [4.69, 9.17) is 21.4 Å². The van der Waals surface area contributed by atoms with Crippen LogP contribution in [0.1, 0.15) is 123 Å². The van der Waals surface area contributed by atoms with Crippen LogP contribution in [0.15, 0.2) is 55.1 Å². The molecule has 360 valence electrons. The van der Waals surface area contributed by atoms with Crippen LogP contribution in [0, 0.1) is 34.0 Å². The van der Waals surface area contributed by atoms with Gasteiger partial charge in [0.1, 0.15) is 17.9 Å². The first-order valence-electron chi connectivity index (χ1n) is 23.8. The maximum absolute atomic E-state index is 14.7. The SMILES string of the molecule is CC(=O)N1CCc2c(c(N3CCCc4cc(-c5cnn(C)c5)c(C(F)F)cc43)nn2C2CCN(CCCC#Cc3ncc(C(=O)NC4C(C)(C)C(Oc5ccc(C#N)c(Cl)c5)C4(C)C)cn3)CC2)C1. The van der Waals surface area contributed by atoms with Gasteiger partial charge in [-0.05, 0) is 80.0 Å². The van der Waals surface area contributed by atoms with Crippen molar-refractivity contribution in [2.45, 2.75) is 111 Å². The van der Waals surface area contributed by atoms with Crippen LogP contribution in [0.5, 0.6) is 5.75 Å². The molecule has 0 spiro atoms. The number of unbranched alkanes of at least 4 members (excludes halogenated alkanes) is 1. The molecule has 0 radical (unpaired) electrons. The molecule has 3 aromatic heterocycles. The molecule has 2 amide bonds. The highest BCUT2D eigenvalue weighted by Crippen LogP contribution is 2.56. The number of nitrogens with one attached hydrogen (secondary N) is 1. The van der Waals surface area contributed by atoms with Gasteiger partial charge in [-0.15, -0.1) is 0 Å². The van der Waals surface area contributed by atoms with Crippen molar-refractivity contribution in [2.24, 2.45) is 17.9 Å². The molecule has 6 heterocycles. The number of ether oxygens (including phenoxy) is 1. The van der Waals surface area contributed by atoms with Crippen LogP contribution in [-0.2, 0) is 31.2 Å². The van der Waals surface area contributed by atoms with E-state index >= 15 is 0 Å². The topological polar surface area (TPSA) is 150 Å². The Hall–Kier alpha value is -6.36. The molecule has 1 saturated heterocycles. The van der Waals surface area contributed by atoms with Crippen LogP contribution in [0.25, 0.3) is 11.1 Å². The predicted octanol–water partition coefficient (Wildman–Crippen LogP) is 8.61. The number of fused-ring (bicyclic) bond motifs is 2. The molecule has 4 aliphatic rings. The van der Waals surface area contributed by atoms with Crippen molar-refractivity contribution in [3.63, 3.8) is 0 Å². The highest BCUT2D eigenvalue weighted by Gasteiger charge is 2.64. The van der Waals surface area contributed by atoms with Crippen molar-refractivity contribution >= 4 is 34.9 Å². The van der Waals surface area contributed by atoms with E-state index in [-0.39, 0.29) is 35.6 Å². The molecule has 14 nitrogen and oxygen atoms in total. The van der Waals surface area contributed by atoms with Gasteiger partial charge in [-0.1, -0.05) is 45.2 Å². The summed E-state index contributed by atoms with van der Waals surface area (Å²) >= 11 is 6.25. The molecule has 0 unspecified atom stereocenters. The predicted molar refractivity (Wildman–Crippen MR) is 258 cm³/mol. The normalized spacial score (nSPS) is 19.7. The molecule has 69 heavy (non-hydrogen) atoms. The van der Waals surface area contributed by atoms with Gasteiger partial charge in [-0.2, -0.15) is 15.5 Å². The van der Waals surface area contributed by atoms with E-state index in [1.807, 2.05) is 11.0 Å². The Bertz CT molecular complexity index is 2850. The van der Waals surface area contributed by atoms with Crippen LogP contribution in [0.2, 0.25) is 5.02 Å². The average Bonchev–Trinajstić information content (AvgIpc) is 3.95. The minimum Gasteiger partial charge on any atom is -0.489 e. The first-order chi connectivity index (χ1) is 33.0. The largest absolute Gasteiger partial charge is 0.489 e. The second-order valence-electron chi connectivity index (χ2n) is 20.0. The number of nitrogens with zero attached hydrogens (tertiary/aromatic N) is 10. The lowest BCUT2D eigenvalue weighted by Crippen LogP contribution is -2.74. The third-order valence-electron chi connectivity index (χ3n) is 14.6. The van der Waals surface area contributed by atoms with E-state index in [0.717, 1.165) is 80.1 Å². The lowest BCUT2D eigenvalue weighted by Gasteiger charge is -2.63. The summed E-state index contributed by atoms with van der Waals surface area (Å²) in [5.74, 6) is 7.70. The lowest BCUT2D eigenvalue weighted by molar-refractivity contribution is -0.164. The van der Waals surface area contributed by atoms with Crippen molar-refractivity contribution in [1.82, 2.24) is 44.6 Å². The van der Waals surface area contributed by atoms with Crippen molar-refractivity contribution in [1.29, 1.82) is 5.26 Å². The molecule has 1 saturated carbocycles. The zero-order valence-electron chi connectivity index (χ0n) is 40.0. The maximum atomic E-state index is 14.7.